The van der Waals surface area contributed by atoms with E-state index in [0.29, 0.717) is 74.2 Å². The summed E-state index contributed by atoms with van der Waals surface area (Å²) in [5.74, 6) is 3.81. The van der Waals surface area contributed by atoms with E-state index < -0.39 is 0 Å². The molecule has 0 fully saturated rings. The molecule has 312 valence electrons. The summed E-state index contributed by atoms with van der Waals surface area (Å²) in [7, 11) is 4.64. The molecular weight excluding hydrogens is 825 g/mol. The summed E-state index contributed by atoms with van der Waals surface area (Å²) in [5.41, 5.74) is 3.35. The van der Waals surface area contributed by atoms with Crippen LogP contribution in [0.5, 0.6) is 40.5 Å². The fourth-order valence-corrected chi connectivity index (χ4v) is 5.36. The van der Waals surface area contributed by atoms with Gasteiger partial charge < -0.3 is 50.3 Å². The van der Waals surface area contributed by atoms with Gasteiger partial charge in [-0.2, -0.15) is 0 Å². The molecule has 18 heteroatoms. The van der Waals surface area contributed by atoms with Crippen LogP contribution in [0.2, 0.25) is 5.15 Å². The lowest BCUT2D eigenvalue weighted by Gasteiger charge is -2.15. The topological polar surface area (TPSA) is 192 Å². The van der Waals surface area contributed by atoms with E-state index in [2.05, 4.69) is 46.5 Å². The number of carbonyl (C=O) groups is 2. The first-order chi connectivity index (χ1) is 29.3. The quantitative estimate of drug-likeness (QED) is 0.0690. The number of anilines is 6. The Morgan fingerprint density at radius 3 is 1.34 bits per heavy atom. The highest BCUT2D eigenvalue weighted by atomic mass is 35.5. The Morgan fingerprint density at radius 2 is 0.918 bits per heavy atom. The van der Waals surface area contributed by atoms with Crippen LogP contribution in [0.25, 0.3) is 0 Å². The minimum Gasteiger partial charge on any atom is -0.493 e. The molecule has 7 rings (SSSR count). The summed E-state index contributed by atoms with van der Waals surface area (Å²) in [4.78, 5) is 40.2. The van der Waals surface area contributed by atoms with E-state index in [1.807, 2.05) is 60.7 Å². The molecule has 61 heavy (non-hydrogen) atoms. The van der Waals surface area contributed by atoms with Gasteiger partial charge in [-0.1, -0.05) is 48.0 Å². The predicted molar refractivity (Wildman–Crippen MR) is 237 cm³/mol. The molecule has 0 radical (unpaired) electrons. The Kier molecular flexibility index (Phi) is 16.2. The molecule has 2 aromatic heterocycles. The first-order valence-electron chi connectivity index (χ1n) is 18.0. The van der Waals surface area contributed by atoms with Gasteiger partial charge in [0, 0.05) is 52.7 Å². The number of urea groups is 2. The summed E-state index contributed by atoms with van der Waals surface area (Å²) >= 11 is 5.77. The molecule has 0 aliphatic heterocycles. The van der Waals surface area contributed by atoms with Gasteiger partial charge in [-0.25, -0.2) is 29.5 Å². The lowest BCUT2D eigenvalue weighted by molar-refractivity contribution is 0.261. The second-order valence-electron chi connectivity index (χ2n) is 12.1. The number of methoxy groups -OCH3 is 3. The largest absolute Gasteiger partial charge is 0.493 e. The number of benzene rings is 5. The molecule has 0 unspecified atom stereocenters. The number of halogens is 2. The third-order valence-electron chi connectivity index (χ3n) is 7.92. The van der Waals surface area contributed by atoms with Crippen LogP contribution in [0.4, 0.5) is 43.8 Å². The van der Waals surface area contributed by atoms with E-state index in [1.54, 1.807) is 88.1 Å². The van der Waals surface area contributed by atoms with Crippen LogP contribution in [-0.4, -0.2) is 53.3 Å². The van der Waals surface area contributed by atoms with Gasteiger partial charge in [0.1, 0.15) is 35.1 Å². The molecule has 0 saturated heterocycles. The number of nitrogens with zero attached hydrogens (tertiary/aromatic N) is 4. The number of ether oxygens (including phenoxy) is 5. The van der Waals surface area contributed by atoms with Gasteiger partial charge in [0.15, 0.2) is 11.5 Å². The van der Waals surface area contributed by atoms with E-state index in [4.69, 9.17) is 35.3 Å². The average Bonchev–Trinajstić information content (AvgIpc) is 3.26. The third-order valence-corrected chi connectivity index (χ3v) is 8.13. The van der Waals surface area contributed by atoms with Crippen molar-refractivity contribution in [2.75, 3.05) is 47.9 Å². The first kappa shape index (κ1) is 44.3. The maximum Gasteiger partial charge on any atom is 0.323 e. The van der Waals surface area contributed by atoms with E-state index >= 15 is 0 Å². The van der Waals surface area contributed by atoms with Crippen molar-refractivity contribution in [2.45, 2.75) is 0 Å². The van der Waals surface area contributed by atoms with Gasteiger partial charge in [0.05, 0.1) is 21.3 Å². The first-order valence-corrected chi connectivity index (χ1v) is 18.3. The fourth-order valence-electron chi connectivity index (χ4n) is 5.22. The van der Waals surface area contributed by atoms with Crippen molar-refractivity contribution < 1.29 is 33.3 Å². The van der Waals surface area contributed by atoms with Crippen LogP contribution in [0, 0.1) is 0 Å². The van der Waals surface area contributed by atoms with Gasteiger partial charge in [0.25, 0.3) is 0 Å². The summed E-state index contributed by atoms with van der Waals surface area (Å²) < 4.78 is 27.5. The average molecular weight is 865 g/mol. The zero-order chi connectivity index (χ0) is 42.1. The Morgan fingerprint density at radius 1 is 0.492 bits per heavy atom. The summed E-state index contributed by atoms with van der Waals surface area (Å²) in [5, 5.41) is 14.5. The normalized spacial score (nSPS) is 9.97. The van der Waals surface area contributed by atoms with Gasteiger partial charge in [-0.15, -0.1) is 12.4 Å². The summed E-state index contributed by atoms with van der Waals surface area (Å²) in [6, 6.07) is 38.2. The Bertz CT molecular complexity index is 2460. The van der Waals surface area contributed by atoms with Gasteiger partial charge in [-0.3, -0.25) is 0 Å². The van der Waals surface area contributed by atoms with Gasteiger partial charge in [0.2, 0.25) is 17.5 Å². The highest BCUT2D eigenvalue weighted by Crippen LogP contribution is 2.40. The number of amides is 4. The van der Waals surface area contributed by atoms with Crippen LogP contribution >= 0.6 is 24.0 Å². The molecule has 0 saturated carbocycles. The minimum absolute atomic E-state index is 0. The van der Waals surface area contributed by atoms with Crippen molar-refractivity contribution in [3.8, 4) is 40.5 Å². The zero-order valence-electron chi connectivity index (χ0n) is 32.8. The molecule has 0 atom stereocenters. The van der Waals surface area contributed by atoms with Crippen molar-refractivity contribution >= 4 is 70.3 Å². The molecule has 16 nitrogen and oxygen atoms in total. The van der Waals surface area contributed by atoms with E-state index in [0.717, 1.165) is 5.69 Å². The Hall–Kier alpha value is -7.82. The fraction of sp³-hybridized carbons (Fsp3) is 0.0698. The number of rotatable bonds is 13. The third kappa shape index (κ3) is 13.6. The smallest absolute Gasteiger partial charge is 0.323 e. The van der Waals surface area contributed by atoms with Crippen molar-refractivity contribution in [3.05, 3.63) is 151 Å². The van der Waals surface area contributed by atoms with E-state index in [1.165, 1.54) is 18.7 Å². The standard InChI is InChI=1S/C26H25N5O5.C17H13ClN4O2.ClH/c1-33-21-13-19(14-22(34-2)25(21)35-3)29-23-15-24(28-16-27-23)36-20-11-9-18(10-12-20)31-26(32)30-17-7-5-4-6-8-17;18-15-10-16(20-11-19-15)24-14-8-6-13(7-9-14)22-17(23)21-12-4-2-1-3-5-12;/h4-16H,1-3H3,(H,27,28,29)(H2,30,31,32);1-11H,(H2,21,22,23);1H. The van der Waals surface area contributed by atoms with Crippen molar-refractivity contribution in [3.63, 3.8) is 0 Å². The Balaban J connectivity index is 0.000000245. The maximum absolute atomic E-state index is 12.2. The second kappa shape index (κ2) is 22.4. The van der Waals surface area contributed by atoms with Crippen molar-refractivity contribution in [2.24, 2.45) is 0 Å². The molecule has 5 N–H and O–H groups in total. The number of para-hydroxylation sites is 2. The number of aromatic nitrogens is 4. The highest BCUT2D eigenvalue weighted by molar-refractivity contribution is 6.29. The van der Waals surface area contributed by atoms with Crippen molar-refractivity contribution in [1.82, 2.24) is 19.9 Å². The van der Waals surface area contributed by atoms with Crippen LogP contribution < -0.4 is 50.3 Å². The minimum atomic E-state index is -0.340. The molecular formula is C43H39Cl2N9O7. The zero-order valence-corrected chi connectivity index (χ0v) is 34.4. The number of hydrogen-bond donors (Lipinski definition) is 5. The summed E-state index contributed by atoms with van der Waals surface area (Å²) in [6.07, 6.45) is 2.71. The lowest BCUT2D eigenvalue weighted by Crippen LogP contribution is -2.19. The SMILES string of the molecule is COc1cc(Nc2cc(Oc3ccc(NC(=O)Nc4ccccc4)cc3)ncn2)cc(OC)c1OC.Cl.O=C(Nc1ccccc1)Nc1ccc(Oc2cc(Cl)ncn2)cc1. The van der Waals surface area contributed by atoms with Crippen LogP contribution in [0.15, 0.2) is 146 Å². The van der Waals surface area contributed by atoms with Crippen LogP contribution in [-0.2, 0) is 0 Å². The number of nitrogens with one attached hydrogen (secondary N) is 5. The molecule has 4 amide bonds. The van der Waals surface area contributed by atoms with Gasteiger partial charge >= 0.3 is 12.1 Å². The molecule has 2 heterocycles. The molecule has 7 aromatic rings. The highest BCUT2D eigenvalue weighted by Gasteiger charge is 2.14. The predicted octanol–water partition coefficient (Wildman–Crippen LogP) is 10.7. The lowest BCUT2D eigenvalue weighted by atomic mass is 10.2. The molecule has 5 aromatic carbocycles. The Labute approximate surface area is 362 Å². The second-order valence-corrected chi connectivity index (χ2v) is 12.5. The number of hydrogen-bond acceptors (Lipinski definition) is 12. The van der Waals surface area contributed by atoms with E-state index in [9.17, 15) is 9.59 Å². The molecule has 0 aliphatic carbocycles. The van der Waals surface area contributed by atoms with Crippen LogP contribution in [0.3, 0.4) is 0 Å². The molecule has 0 bridgehead atoms. The van der Waals surface area contributed by atoms with E-state index in [-0.39, 0.29) is 24.5 Å². The van der Waals surface area contributed by atoms with Crippen LogP contribution in [0.1, 0.15) is 0 Å². The van der Waals surface area contributed by atoms with Crippen molar-refractivity contribution in [1.29, 1.82) is 0 Å². The van der Waals surface area contributed by atoms with Gasteiger partial charge in [-0.05, 0) is 72.8 Å². The molecule has 0 spiro atoms. The summed E-state index contributed by atoms with van der Waals surface area (Å²) in [6.45, 7) is 0. The monoisotopic (exact) mass is 863 g/mol. The molecule has 0 aliphatic rings. The maximum atomic E-state index is 12.2. The number of carbonyl (C=O) groups excluding carboxylic acids is 2.